The maximum Gasteiger partial charge on any atom is 0.177 e. The fourth-order valence-corrected chi connectivity index (χ4v) is 1.53. The van der Waals surface area contributed by atoms with E-state index >= 15 is 0 Å². The van der Waals surface area contributed by atoms with Crippen LogP contribution in [0.4, 0.5) is 0 Å². The van der Waals surface area contributed by atoms with Crippen LogP contribution in [0.25, 0.3) is 0 Å². The van der Waals surface area contributed by atoms with E-state index in [1.54, 1.807) is 18.9 Å². The predicted molar refractivity (Wildman–Crippen MR) is 57.4 cm³/mol. The monoisotopic (exact) mass is 213 g/mol. The summed E-state index contributed by atoms with van der Waals surface area (Å²) in [5.41, 5.74) is 0.924. The molecule has 0 spiro atoms. The zero-order valence-electron chi connectivity index (χ0n) is 9.73. The highest BCUT2D eigenvalue weighted by Gasteiger charge is 2.23. The highest BCUT2D eigenvalue weighted by molar-refractivity contribution is 5.06. The summed E-state index contributed by atoms with van der Waals surface area (Å²) in [5, 5.41) is 7.63. The normalized spacial score (nSPS) is 13.4. The Balaban J connectivity index is 2.81. The molecule has 1 atom stereocenters. The van der Waals surface area contributed by atoms with Crippen LogP contribution in [0.2, 0.25) is 0 Å². The minimum Gasteiger partial charge on any atom is -0.354 e. The lowest BCUT2D eigenvalue weighted by Gasteiger charge is -2.23. The van der Waals surface area contributed by atoms with Gasteiger partial charge in [-0.15, -0.1) is 0 Å². The van der Waals surface area contributed by atoms with Gasteiger partial charge in [-0.25, -0.2) is 0 Å². The maximum atomic E-state index is 5.24. The molecule has 0 amide bonds. The molecule has 1 rings (SSSR count). The summed E-state index contributed by atoms with van der Waals surface area (Å²) < 4.78 is 12.3. The molecule has 0 saturated carbocycles. The van der Waals surface area contributed by atoms with Crippen molar-refractivity contribution in [3.05, 3.63) is 18.0 Å². The summed E-state index contributed by atoms with van der Waals surface area (Å²) in [6.45, 7) is 2.88. The molecule has 0 fully saturated rings. The van der Waals surface area contributed by atoms with Crippen LogP contribution in [0.1, 0.15) is 18.7 Å². The number of nitrogens with zero attached hydrogens (tertiary/aromatic N) is 2. The average Bonchev–Trinajstić information content (AvgIpc) is 2.65. The number of aromatic nitrogens is 2. The first-order chi connectivity index (χ1) is 7.22. The van der Waals surface area contributed by atoms with Crippen LogP contribution in [-0.2, 0) is 16.5 Å². The molecule has 5 nitrogen and oxygen atoms in total. The van der Waals surface area contributed by atoms with Crippen molar-refractivity contribution in [3.63, 3.8) is 0 Å². The van der Waals surface area contributed by atoms with E-state index in [-0.39, 0.29) is 12.3 Å². The van der Waals surface area contributed by atoms with Gasteiger partial charge in [0.1, 0.15) is 6.04 Å². The minimum atomic E-state index is -0.320. The Morgan fingerprint density at radius 3 is 2.53 bits per heavy atom. The highest BCUT2D eigenvalue weighted by Crippen LogP contribution is 2.17. The van der Waals surface area contributed by atoms with Gasteiger partial charge in [-0.05, 0) is 12.6 Å². The van der Waals surface area contributed by atoms with Crippen molar-refractivity contribution in [1.29, 1.82) is 0 Å². The lowest BCUT2D eigenvalue weighted by Crippen LogP contribution is -2.34. The van der Waals surface area contributed by atoms with Gasteiger partial charge in [-0.1, -0.05) is 6.92 Å². The molecule has 0 aliphatic heterocycles. The zero-order valence-corrected chi connectivity index (χ0v) is 9.73. The molecule has 1 unspecified atom stereocenters. The summed E-state index contributed by atoms with van der Waals surface area (Å²) in [5.74, 6) is 0. The Hall–Kier alpha value is -0.910. The van der Waals surface area contributed by atoms with Gasteiger partial charge in [0.2, 0.25) is 0 Å². The van der Waals surface area contributed by atoms with Gasteiger partial charge in [-0.2, -0.15) is 5.10 Å². The van der Waals surface area contributed by atoms with Crippen molar-refractivity contribution >= 4 is 0 Å². The third-order valence-corrected chi connectivity index (χ3v) is 2.21. The molecule has 0 aliphatic rings. The number of rotatable bonds is 6. The molecule has 1 N–H and O–H groups in total. The Morgan fingerprint density at radius 2 is 2.13 bits per heavy atom. The van der Waals surface area contributed by atoms with E-state index in [1.807, 2.05) is 26.2 Å². The van der Waals surface area contributed by atoms with Crippen LogP contribution >= 0.6 is 0 Å². The number of hydrogen-bond donors (Lipinski definition) is 1. The van der Waals surface area contributed by atoms with Gasteiger partial charge in [0.15, 0.2) is 6.29 Å². The Kier molecular flexibility index (Phi) is 4.74. The Morgan fingerprint density at radius 1 is 1.47 bits per heavy atom. The lowest BCUT2D eigenvalue weighted by atomic mass is 10.2. The summed E-state index contributed by atoms with van der Waals surface area (Å²) >= 11 is 0. The summed E-state index contributed by atoms with van der Waals surface area (Å²) in [4.78, 5) is 0. The van der Waals surface area contributed by atoms with E-state index in [2.05, 4.69) is 10.4 Å². The maximum absolute atomic E-state index is 5.24. The van der Waals surface area contributed by atoms with Crippen molar-refractivity contribution in [3.8, 4) is 0 Å². The summed E-state index contributed by atoms with van der Waals surface area (Å²) in [6, 6.07) is 1.92. The summed E-state index contributed by atoms with van der Waals surface area (Å²) in [6.07, 6.45) is 1.59. The second-order valence-corrected chi connectivity index (χ2v) is 3.29. The van der Waals surface area contributed by atoms with E-state index in [4.69, 9.17) is 9.47 Å². The van der Waals surface area contributed by atoms with Crippen molar-refractivity contribution in [2.24, 2.45) is 7.05 Å². The average molecular weight is 213 g/mol. The van der Waals surface area contributed by atoms with Crippen LogP contribution in [0, 0.1) is 0 Å². The van der Waals surface area contributed by atoms with E-state index in [0.29, 0.717) is 0 Å². The van der Waals surface area contributed by atoms with Crippen molar-refractivity contribution < 1.29 is 9.47 Å². The van der Waals surface area contributed by atoms with Gasteiger partial charge >= 0.3 is 0 Å². The van der Waals surface area contributed by atoms with Gasteiger partial charge in [-0.3, -0.25) is 4.68 Å². The molecule has 5 heteroatoms. The van der Waals surface area contributed by atoms with Gasteiger partial charge in [0, 0.05) is 27.5 Å². The third-order valence-electron chi connectivity index (χ3n) is 2.21. The number of likely N-dealkylation sites (N-methyl/N-ethyl adjacent to an activating group) is 1. The molecular weight excluding hydrogens is 194 g/mol. The molecular formula is C10H19N3O2. The fraction of sp³-hybridized carbons (Fsp3) is 0.700. The first-order valence-corrected chi connectivity index (χ1v) is 5.01. The standard InChI is InChI=1S/C10H19N3O2/c1-5-11-9(10(14-3)15-4)8-6-7-13(2)12-8/h6-7,9-11H,5H2,1-4H3. The molecule has 86 valence electrons. The summed E-state index contributed by atoms with van der Waals surface area (Å²) in [7, 11) is 5.14. The predicted octanol–water partition coefficient (Wildman–Crippen LogP) is 0.690. The first-order valence-electron chi connectivity index (χ1n) is 5.01. The fourth-order valence-electron chi connectivity index (χ4n) is 1.53. The minimum absolute atomic E-state index is 0.0359. The number of hydrogen-bond acceptors (Lipinski definition) is 4. The van der Waals surface area contributed by atoms with Crippen LogP contribution in [0.15, 0.2) is 12.3 Å². The van der Waals surface area contributed by atoms with Crippen LogP contribution < -0.4 is 5.32 Å². The molecule has 0 bridgehead atoms. The quantitative estimate of drug-likeness (QED) is 0.706. The van der Waals surface area contributed by atoms with E-state index in [0.717, 1.165) is 12.2 Å². The number of ether oxygens (including phenoxy) is 2. The zero-order chi connectivity index (χ0) is 11.3. The lowest BCUT2D eigenvalue weighted by molar-refractivity contribution is -0.124. The molecule has 15 heavy (non-hydrogen) atoms. The Labute approximate surface area is 90.4 Å². The largest absolute Gasteiger partial charge is 0.354 e. The van der Waals surface area contributed by atoms with Gasteiger partial charge in [0.05, 0.1) is 5.69 Å². The number of methoxy groups -OCH3 is 2. The third kappa shape index (κ3) is 3.02. The smallest absolute Gasteiger partial charge is 0.177 e. The van der Waals surface area contributed by atoms with Crippen LogP contribution in [0.3, 0.4) is 0 Å². The molecule has 1 aromatic rings. The molecule has 0 aliphatic carbocycles. The number of aryl methyl sites for hydroxylation is 1. The molecule has 1 aromatic heterocycles. The molecule has 0 radical (unpaired) electrons. The van der Waals surface area contributed by atoms with Crippen LogP contribution in [-0.4, -0.2) is 36.8 Å². The molecule has 0 aromatic carbocycles. The van der Waals surface area contributed by atoms with Crippen molar-refractivity contribution in [2.75, 3.05) is 20.8 Å². The van der Waals surface area contributed by atoms with Gasteiger partial charge in [0.25, 0.3) is 0 Å². The van der Waals surface area contributed by atoms with Crippen molar-refractivity contribution in [1.82, 2.24) is 15.1 Å². The second kappa shape index (κ2) is 5.85. The van der Waals surface area contributed by atoms with Gasteiger partial charge < -0.3 is 14.8 Å². The van der Waals surface area contributed by atoms with E-state index in [1.165, 1.54) is 0 Å². The molecule has 0 saturated heterocycles. The van der Waals surface area contributed by atoms with Crippen molar-refractivity contribution in [2.45, 2.75) is 19.3 Å². The van der Waals surface area contributed by atoms with Crippen LogP contribution in [0.5, 0.6) is 0 Å². The SMILES string of the molecule is CCNC(c1ccn(C)n1)C(OC)OC. The highest BCUT2D eigenvalue weighted by atomic mass is 16.7. The van der Waals surface area contributed by atoms with E-state index in [9.17, 15) is 0 Å². The number of nitrogens with one attached hydrogen (secondary N) is 1. The topological polar surface area (TPSA) is 48.3 Å². The molecule has 1 heterocycles. The Bertz CT molecular complexity index is 284. The second-order valence-electron chi connectivity index (χ2n) is 3.29. The first kappa shape index (κ1) is 12.2. The van der Waals surface area contributed by atoms with E-state index < -0.39 is 0 Å².